The molecule has 7 nitrogen and oxygen atoms in total. The minimum absolute atomic E-state index is 0.0949. The molecule has 0 saturated carbocycles. The Morgan fingerprint density at radius 3 is 2.68 bits per heavy atom. The van der Waals surface area contributed by atoms with Gasteiger partial charge in [0.05, 0.1) is 16.6 Å². The highest BCUT2D eigenvalue weighted by atomic mass is 35.5. The van der Waals surface area contributed by atoms with Gasteiger partial charge in [-0.25, -0.2) is 0 Å². The van der Waals surface area contributed by atoms with E-state index in [1.54, 1.807) is 0 Å². The van der Waals surface area contributed by atoms with Crippen LogP contribution in [0.25, 0.3) is 0 Å². The maximum atomic E-state index is 12.0. The molecule has 2 N–H and O–H groups in total. The Hall–Kier alpha value is -1.86. The van der Waals surface area contributed by atoms with Crippen LogP contribution < -0.4 is 5.32 Å². The van der Waals surface area contributed by atoms with Crippen molar-refractivity contribution < 1.29 is 14.8 Å². The maximum Gasteiger partial charge on any atom is 0.294 e. The first-order valence-electron chi connectivity index (χ1n) is 5.44. The number of likely N-dealkylation sites (N-methyl/N-ethyl adjacent to an activating group) is 1. The summed E-state index contributed by atoms with van der Waals surface area (Å²) in [6.45, 7) is -0.0509. The van der Waals surface area contributed by atoms with Crippen LogP contribution in [0.5, 0.6) is 0 Å². The van der Waals surface area contributed by atoms with E-state index in [0.29, 0.717) is 0 Å². The lowest BCUT2D eigenvalue weighted by molar-refractivity contribution is -0.383. The minimum atomic E-state index is -0.611. The normalized spacial score (nSPS) is 10.1. The van der Waals surface area contributed by atoms with Gasteiger partial charge in [0.25, 0.3) is 11.6 Å². The van der Waals surface area contributed by atoms with E-state index in [-0.39, 0.29) is 35.1 Å². The van der Waals surface area contributed by atoms with Gasteiger partial charge in [-0.1, -0.05) is 11.6 Å². The molecule has 1 aromatic carbocycles. The molecule has 0 aliphatic rings. The van der Waals surface area contributed by atoms with Gasteiger partial charge in [-0.2, -0.15) is 0 Å². The topological polar surface area (TPSA) is 95.7 Å². The van der Waals surface area contributed by atoms with Crippen molar-refractivity contribution >= 4 is 28.9 Å². The van der Waals surface area contributed by atoms with Crippen molar-refractivity contribution in [1.82, 2.24) is 4.90 Å². The lowest BCUT2D eigenvalue weighted by Gasteiger charge is -2.16. The van der Waals surface area contributed by atoms with Gasteiger partial charge in [-0.3, -0.25) is 14.9 Å². The number of nitrogens with one attached hydrogen (secondary N) is 1. The van der Waals surface area contributed by atoms with Crippen LogP contribution in [0, 0.1) is 10.1 Å². The summed E-state index contributed by atoms with van der Waals surface area (Å²) in [6.07, 6.45) is 0. The van der Waals surface area contributed by atoms with E-state index < -0.39 is 10.8 Å². The number of nitrogens with zero attached hydrogens (tertiary/aromatic N) is 2. The molecule has 1 amide bonds. The third-order valence-corrected chi connectivity index (χ3v) is 2.84. The molecule has 0 atom stereocenters. The average Bonchev–Trinajstić information content (AvgIpc) is 2.36. The standard InChI is InChI=1S/C11H14ClN3O4/c1-13-10-8(12)5-7(6-9(10)15(18)19)11(17)14(2)3-4-16/h5-6,13,16H,3-4H2,1-2H3. The number of nitro groups is 1. The summed E-state index contributed by atoms with van der Waals surface area (Å²) < 4.78 is 0. The first-order valence-corrected chi connectivity index (χ1v) is 5.82. The molecule has 0 aliphatic carbocycles. The maximum absolute atomic E-state index is 12.0. The van der Waals surface area contributed by atoms with Crippen LogP contribution in [0.1, 0.15) is 10.4 Å². The summed E-state index contributed by atoms with van der Waals surface area (Å²) in [5.74, 6) is -0.443. The molecule has 0 saturated heterocycles. The zero-order valence-electron chi connectivity index (χ0n) is 10.5. The van der Waals surface area contributed by atoms with Crippen LogP contribution in [-0.4, -0.2) is 48.1 Å². The molecule has 0 fully saturated rings. The number of carbonyl (C=O) groups is 1. The third kappa shape index (κ3) is 3.33. The number of amides is 1. The summed E-state index contributed by atoms with van der Waals surface area (Å²) in [6, 6.07) is 2.52. The van der Waals surface area contributed by atoms with Crippen molar-refractivity contribution in [2.45, 2.75) is 0 Å². The van der Waals surface area contributed by atoms with Gasteiger partial charge in [0.15, 0.2) is 0 Å². The molecule has 1 rings (SSSR count). The number of aliphatic hydroxyl groups excluding tert-OH is 1. The highest BCUT2D eigenvalue weighted by Crippen LogP contribution is 2.33. The molecule has 0 bridgehead atoms. The van der Waals surface area contributed by atoms with Gasteiger partial charge in [-0.15, -0.1) is 0 Å². The fraction of sp³-hybridized carbons (Fsp3) is 0.364. The molecule has 0 spiro atoms. The van der Waals surface area contributed by atoms with Crippen LogP contribution in [0.3, 0.4) is 0 Å². The molecular weight excluding hydrogens is 274 g/mol. The molecular formula is C11H14ClN3O4. The third-order valence-electron chi connectivity index (χ3n) is 2.55. The number of rotatable bonds is 5. The summed E-state index contributed by atoms with van der Waals surface area (Å²) in [5, 5.41) is 22.4. The number of benzene rings is 1. The van der Waals surface area contributed by atoms with Gasteiger partial charge < -0.3 is 15.3 Å². The molecule has 0 unspecified atom stereocenters. The van der Waals surface area contributed by atoms with E-state index in [9.17, 15) is 14.9 Å². The van der Waals surface area contributed by atoms with Crippen LogP contribution in [0.4, 0.5) is 11.4 Å². The Balaban J connectivity index is 3.24. The van der Waals surface area contributed by atoms with E-state index in [1.807, 2.05) is 0 Å². The predicted octanol–water partition coefficient (Wildman–Crippen LogP) is 1.35. The van der Waals surface area contributed by atoms with Gasteiger partial charge in [0, 0.05) is 32.3 Å². The van der Waals surface area contributed by atoms with E-state index in [1.165, 1.54) is 25.1 Å². The van der Waals surface area contributed by atoms with Crippen molar-refractivity contribution in [2.75, 3.05) is 32.6 Å². The first kappa shape index (κ1) is 15.2. The van der Waals surface area contributed by atoms with Crippen LogP contribution in [0.2, 0.25) is 5.02 Å². The Kier molecular flexibility index (Phi) is 5.08. The molecule has 0 heterocycles. The van der Waals surface area contributed by atoms with Crippen molar-refractivity contribution in [3.63, 3.8) is 0 Å². The molecule has 0 radical (unpaired) electrons. The highest BCUT2D eigenvalue weighted by molar-refractivity contribution is 6.34. The Bertz CT molecular complexity index is 507. The highest BCUT2D eigenvalue weighted by Gasteiger charge is 2.22. The zero-order valence-corrected chi connectivity index (χ0v) is 11.3. The van der Waals surface area contributed by atoms with Gasteiger partial charge in [0.1, 0.15) is 5.69 Å². The number of aliphatic hydroxyl groups is 1. The predicted molar refractivity (Wildman–Crippen MR) is 71.7 cm³/mol. The number of anilines is 1. The van der Waals surface area contributed by atoms with Crippen molar-refractivity contribution in [3.05, 3.63) is 32.8 Å². The van der Waals surface area contributed by atoms with Gasteiger partial charge in [0.2, 0.25) is 0 Å². The Morgan fingerprint density at radius 1 is 1.58 bits per heavy atom. The van der Waals surface area contributed by atoms with Crippen molar-refractivity contribution in [1.29, 1.82) is 0 Å². The zero-order chi connectivity index (χ0) is 14.6. The van der Waals surface area contributed by atoms with Crippen LogP contribution in [0.15, 0.2) is 12.1 Å². The summed E-state index contributed by atoms with van der Waals surface area (Å²) in [7, 11) is 3.00. The average molecular weight is 288 g/mol. The minimum Gasteiger partial charge on any atom is -0.395 e. The largest absolute Gasteiger partial charge is 0.395 e. The molecule has 8 heteroatoms. The number of halogens is 1. The summed E-state index contributed by atoms with van der Waals surface area (Å²) >= 11 is 5.92. The second kappa shape index (κ2) is 6.35. The van der Waals surface area contributed by atoms with Crippen molar-refractivity contribution in [2.24, 2.45) is 0 Å². The quantitative estimate of drug-likeness (QED) is 0.629. The molecule has 104 valence electrons. The van der Waals surface area contributed by atoms with Crippen molar-refractivity contribution in [3.8, 4) is 0 Å². The number of carbonyl (C=O) groups excluding carboxylic acids is 1. The van der Waals surface area contributed by atoms with E-state index in [4.69, 9.17) is 16.7 Å². The van der Waals surface area contributed by atoms with Gasteiger partial charge >= 0.3 is 0 Å². The van der Waals surface area contributed by atoms with E-state index >= 15 is 0 Å². The lowest BCUT2D eigenvalue weighted by atomic mass is 10.1. The second-order valence-corrected chi connectivity index (χ2v) is 4.22. The number of hydrogen-bond donors (Lipinski definition) is 2. The van der Waals surface area contributed by atoms with Crippen LogP contribution >= 0.6 is 11.6 Å². The molecule has 19 heavy (non-hydrogen) atoms. The Morgan fingerprint density at radius 2 is 2.21 bits per heavy atom. The summed E-state index contributed by atoms with van der Waals surface area (Å²) in [4.78, 5) is 23.6. The smallest absolute Gasteiger partial charge is 0.294 e. The number of nitro benzene ring substituents is 1. The molecule has 1 aromatic rings. The molecule has 0 aromatic heterocycles. The monoisotopic (exact) mass is 287 g/mol. The number of hydrogen-bond acceptors (Lipinski definition) is 5. The first-order chi connectivity index (χ1) is 8.92. The SMILES string of the molecule is CNc1c(Cl)cc(C(=O)N(C)CCO)cc1[N+](=O)[O-]. The Labute approximate surface area is 114 Å². The van der Waals surface area contributed by atoms with Crippen LogP contribution in [-0.2, 0) is 0 Å². The molecule has 0 aliphatic heterocycles. The fourth-order valence-electron chi connectivity index (χ4n) is 1.58. The van der Waals surface area contributed by atoms with E-state index in [2.05, 4.69) is 5.32 Å². The van der Waals surface area contributed by atoms with E-state index in [0.717, 1.165) is 6.07 Å². The second-order valence-electron chi connectivity index (χ2n) is 3.81. The fourth-order valence-corrected chi connectivity index (χ4v) is 1.89. The van der Waals surface area contributed by atoms with Gasteiger partial charge in [-0.05, 0) is 6.07 Å². The summed E-state index contributed by atoms with van der Waals surface area (Å²) in [5.41, 5.74) is -0.00423. The lowest BCUT2D eigenvalue weighted by Crippen LogP contribution is -2.29.